The van der Waals surface area contributed by atoms with Crippen molar-refractivity contribution in [3.8, 4) is 0 Å². The molecule has 0 amide bonds. The number of guanidine groups is 1. The highest BCUT2D eigenvalue weighted by Gasteiger charge is 2.55. The number of nitrogens with two attached hydrogens (primary N) is 3. The van der Waals surface area contributed by atoms with E-state index >= 15 is 0 Å². The Labute approximate surface area is 191 Å². The minimum absolute atomic E-state index is 0.0161. The summed E-state index contributed by atoms with van der Waals surface area (Å²) in [6, 6.07) is 14.4. The number of carbonyl (C=O) groups is 2. The Bertz CT molecular complexity index is 1110. The van der Waals surface area contributed by atoms with E-state index in [-0.39, 0.29) is 17.2 Å². The highest BCUT2D eigenvalue weighted by atomic mass is 31.2. The van der Waals surface area contributed by atoms with Gasteiger partial charge in [0, 0.05) is 0 Å². The molecule has 0 radical (unpaired) electrons. The number of nitrogens with zero attached hydrogens (tertiary/aromatic N) is 1. The third-order valence-corrected chi connectivity index (χ3v) is 7.04. The van der Waals surface area contributed by atoms with Gasteiger partial charge in [-0.05, 0) is 35.3 Å². The molecule has 0 saturated carbocycles. The highest BCUT2D eigenvalue weighted by molar-refractivity contribution is 7.55. The average Bonchev–Trinajstić information content (AvgIpc) is 2.75. The summed E-state index contributed by atoms with van der Waals surface area (Å²) in [4.78, 5) is 39.5. The molecule has 11 heteroatoms. The van der Waals surface area contributed by atoms with Crippen LogP contribution in [0.4, 0.5) is 5.69 Å². The van der Waals surface area contributed by atoms with Gasteiger partial charge in [0.05, 0.1) is 5.69 Å². The molecule has 2 rings (SSSR count). The first-order valence-corrected chi connectivity index (χ1v) is 11.5. The molecule has 33 heavy (non-hydrogen) atoms. The molecule has 0 aromatic heterocycles. The first-order valence-electron chi connectivity index (χ1n) is 9.88. The lowest BCUT2D eigenvalue weighted by Crippen LogP contribution is -2.52. The molecule has 3 unspecified atom stereocenters. The van der Waals surface area contributed by atoms with Gasteiger partial charge in [0.15, 0.2) is 23.1 Å². The van der Waals surface area contributed by atoms with Gasteiger partial charge in [0.25, 0.3) is 0 Å². The van der Waals surface area contributed by atoms with Crippen LogP contribution in [-0.2, 0) is 18.7 Å². The van der Waals surface area contributed by atoms with Crippen LogP contribution in [0.3, 0.4) is 0 Å². The van der Waals surface area contributed by atoms with Gasteiger partial charge in [-0.25, -0.2) is 9.79 Å². The molecule has 0 aliphatic heterocycles. The van der Waals surface area contributed by atoms with E-state index in [1.165, 1.54) is 44.2 Å². The molecule has 0 heterocycles. The van der Waals surface area contributed by atoms with Gasteiger partial charge in [0.1, 0.15) is 0 Å². The number of carboxylic acids is 1. The number of ketones is 1. The van der Waals surface area contributed by atoms with Gasteiger partial charge < -0.3 is 27.2 Å². The molecule has 3 atom stereocenters. The Hall–Kier alpha value is -3.30. The van der Waals surface area contributed by atoms with Crippen molar-refractivity contribution in [3.05, 3.63) is 71.8 Å². The molecule has 2 aromatic carbocycles. The van der Waals surface area contributed by atoms with Crippen molar-refractivity contribution in [3.63, 3.8) is 0 Å². The normalized spacial score (nSPS) is 16.0. The number of hydrogen-bond acceptors (Lipinski definition) is 6. The third-order valence-electron chi connectivity index (χ3n) is 4.87. The average molecular weight is 474 g/mol. The van der Waals surface area contributed by atoms with Crippen LogP contribution < -0.4 is 17.2 Å². The van der Waals surface area contributed by atoms with Gasteiger partial charge in [-0.1, -0.05) is 62.4 Å². The summed E-state index contributed by atoms with van der Waals surface area (Å²) in [5.41, 5.74) is 17.7. The predicted molar refractivity (Wildman–Crippen MR) is 125 cm³/mol. The maximum absolute atomic E-state index is 13.3. The zero-order chi connectivity index (χ0) is 24.8. The van der Waals surface area contributed by atoms with Crippen molar-refractivity contribution in [1.82, 2.24) is 0 Å². The number of hydrogen-bond donors (Lipinski definition) is 5. The molecule has 10 nitrogen and oxygen atoms in total. The molecule has 0 aliphatic carbocycles. The van der Waals surface area contributed by atoms with Crippen molar-refractivity contribution in [2.24, 2.45) is 28.1 Å². The fourth-order valence-electron chi connectivity index (χ4n) is 3.00. The first-order chi connectivity index (χ1) is 15.4. The SMILES string of the molecule is CC(C)C(N)(C(=O)C=Cc1ccccc1)P(=O)(O)OC(C(=O)O)c1cccc(N=C(N)N)c1. The summed E-state index contributed by atoms with van der Waals surface area (Å²) in [5.74, 6) is -3.58. The number of benzene rings is 2. The van der Waals surface area contributed by atoms with E-state index in [9.17, 15) is 24.2 Å². The number of aliphatic imine (C=N–C) groups is 1. The Morgan fingerprint density at radius 3 is 2.30 bits per heavy atom. The van der Waals surface area contributed by atoms with Gasteiger partial charge in [-0.3, -0.25) is 13.9 Å². The topological polar surface area (TPSA) is 191 Å². The van der Waals surface area contributed by atoms with Gasteiger partial charge in [0.2, 0.25) is 0 Å². The summed E-state index contributed by atoms with van der Waals surface area (Å²) in [5, 5.41) is 7.28. The molecule has 0 saturated heterocycles. The molecule has 0 aliphatic rings. The zero-order valence-electron chi connectivity index (χ0n) is 18.2. The standard InChI is InChI=1S/C22H27N4O6P/c1-14(2)22(25,18(27)12-11-15-7-4-3-5-8-15)33(30,31)32-19(20(28)29)16-9-6-10-17(13-16)26-21(23)24/h3-14,19H,25H2,1-2H3,(H,28,29)(H,30,31)(H4,23,24,26). The summed E-state index contributed by atoms with van der Waals surface area (Å²) >= 11 is 0. The lowest BCUT2D eigenvalue weighted by molar-refractivity contribution is -0.146. The second-order valence-corrected chi connectivity index (χ2v) is 9.56. The minimum Gasteiger partial charge on any atom is -0.479 e. The summed E-state index contributed by atoms with van der Waals surface area (Å²) in [6.07, 6.45) is 0.610. The predicted octanol–water partition coefficient (Wildman–Crippen LogP) is 2.51. The molecule has 176 valence electrons. The van der Waals surface area contributed by atoms with Crippen LogP contribution in [0.5, 0.6) is 0 Å². The van der Waals surface area contributed by atoms with Crippen molar-refractivity contribution < 1.29 is 28.7 Å². The van der Waals surface area contributed by atoms with Gasteiger partial charge in [-0.15, -0.1) is 0 Å². The number of aliphatic carboxylic acids is 1. The van der Waals surface area contributed by atoms with Gasteiger partial charge in [-0.2, -0.15) is 0 Å². The van der Waals surface area contributed by atoms with Crippen molar-refractivity contribution in [2.45, 2.75) is 25.2 Å². The maximum Gasteiger partial charge on any atom is 0.357 e. The number of carboxylic acid groups (broad SMARTS) is 1. The van der Waals surface area contributed by atoms with Crippen molar-refractivity contribution in [1.29, 1.82) is 0 Å². The Kier molecular flexibility index (Phi) is 8.29. The van der Waals surface area contributed by atoms with Crippen LogP contribution in [0.25, 0.3) is 6.08 Å². The van der Waals surface area contributed by atoms with Crippen LogP contribution in [0, 0.1) is 5.92 Å². The Balaban J connectivity index is 2.43. The van der Waals surface area contributed by atoms with Gasteiger partial charge >= 0.3 is 13.6 Å². The van der Waals surface area contributed by atoms with Crippen LogP contribution in [-0.4, -0.2) is 33.0 Å². The lowest BCUT2D eigenvalue weighted by atomic mass is 9.99. The van der Waals surface area contributed by atoms with Crippen LogP contribution >= 0.6 is 7.60 Å². The summed E-state index contributed by atoms with van der Waals surface area (Å²) in [7, 11) is -5.06. The zero-order valence-corrected chi connectivity index (χ0v) is 19.1. The molecular formula is C22H27N4O6P. The molecule has 0 bridgehead atoms. The molecule has 2 aromatic rings. The monoisotopic (exact) mass is 474 g/mol. The van der Waals surface area contributed by atoms with E-state index in [2.05, 4.69) is 4.99 Å². The van der Waals surface area contributed by atoms with E-state index in [1.807, 2.05) is 0 Å². The smallest absolute Gasteiger partial charge is 0.357 e. The van der Waals surface area contributed by atoms with Crippen LogP contribution in [0.1, 0.15) is 31.1 Å². The third kappa shape index (κ3) is 6.15. The van der Waals surface area contributed by atoms with Crippen molar-refractivity contribution in [2.75, 3.05) is 0 Å². The van der Waals surface area contributed by atoms with Crippen molar-refractivity contribution >= 4 is 37.1 Å². The van der Waals surface area contributed by atoms with E-state index in [1.54, 1.807) is 30.3 Å². The second kappa shape index (κ2) is 10.5. The fourth-order valence-corrected chi connectivity index (χ4v) is 4.68. The second-order valence-electron chi connectivity index (χ2n) is 7.56. The Morgan fingerprint density at radius 2 is 1.76 bits per heavy atom. The molecule has 0 spiro atoms. The van der Waals surface area contributed by atoms with Crippen LogP contribution in [0.2, 0.25) is 0 Å². The summed E-state index contributed by atoms with van der Waals surface area (Å²) < 4.78 is 18.5. The Morgan fingerprint density at radius 1 is 1.12 bits per heavy atom. The van der Waals surface area contributed by atoms with E-state index in [4.69, 9.17) is 21.7 Å². The minimum atomic E-state index is -5.06. The van der Waals surface area contributed by atoms with E-state index < -0.39 is 36.7 Å². The highest BCUT2D eigenvalue weighted by Crippen LogP contribution is 2.59. The lowest BCUT2D eigenvalue weighted by Gasteiger charge is -2.35. The molecule has 8 N–H and O–H groups in total. The fraction of sp³-hybridized carbons (Fsp3) is 0.227. The quantitative estimate of drug-likeness (QED) is 0.149. The number of rotatable bonds is 10. The molecular weight excluding hydrogens is 447 g/mol. The largest absolute Gasteiger partial charge is 0.479 e. The summed E-state index contributed by atoms with van der Waals surface area (Å²) in [6.45, 7) is 2.94. The number of carbonyl (C=O) groups excluding carboxylic acids is 1. The molecule has 0 fully saturated rings. The van der Waals surface area contributed by atoms with Crippen LogP contribution in [0.15, 0.2) is 65.7 Å². The first kappa shape index (κ1) is 26.0. The van der Waals surface area contributed by atoms with E-state index in [0.29, 0.717) is 5.56 Å². The van der Waals surface area contributed by atoms with E-state index in [0.717, 1.165) is 6.08 Å². The maximum atomic E-state index is 13.3.